The number of ether oxygens (including phenoxy) is 1. The van der Waals surface area contributed by atoms with E-state index in [-0.39, 0.29) is 36.0 Å². The normalized spacial score (nSPS) is 12.5. The van der Waals surface area contributed by atoms with Crippen molar-refractivity contribution in [2.24, 2.45) is 10.9 Å². The zero-order chi connectivity index (χ0) is 17.2. The minimum absolute atomic E-state index is 0. The molecule has 0 aliphatic carbocycles. The molecule has 0 aromatic heterocycles. The Balaban J connectivity index is 0. The third kappa shape index (κ3) is 13.0. The van der Waals surface area contributed by atoms with E-state index in [1.165, 1.54) is 0 Å². The van der Waals surface area contributed by atoms with Crippen molar-refractivity contribution in [3.05, 3.63) is 0 Å². The average Bonchev–Trinajstić information content (AvgIpc) is 2.40. The Kier molecular flexibility index (Phi) is 12.9. The van der Waals surface area contributed by atoms with Crippen molar-refractivity contribution in [2.45, 2.75) is 40.2 Å². The molecule has 0 fully saturated rings. The molecule has 1 amide bonds. The molecule has 1 atom stereocenters. The number of guanidine groups is 1. The zero-order valence-corrected chi connectivity index (χ0v) is 17.4. The molecule has 7 heteroatoms. The minimum atomic E-state index is -0.482. The number of amides is 1. The molecule has 6 nitrogen and oxygen atoms in total. The molecule has 0 aromatic rings. The van der Waals surface area contributed by atoms with Crippen molar-refractivity contribution >= 4 is 36.0 Å². The number of carbonyl (C=O) groups is 1. The molecule has 0 aromatic carbocycles. The predicted octanol–water partition coefficient (Wildman–Crippen LogP) is 2.30. The van der Waals surface area contributed by atoms with Gasteiger partial charge in [-0.1, -0.05) is 12.8 Å². The second-order valence-corrected chi connectivity index (χ2v) is 6.24. The van der Waals surface area contributed by atoms with Gasteiger partial charge in [-0.3, -0.25) is 4.99 Å². The highest BCUT2D eigenvalue weighted by atomic mass is 127. The van der Waals surface area contributed by atoms with Crippen molar-refractivity contribution in [1.29, 1.82) is 0 Å². The van der Waals surface area contributed by atoms with Gasteiger partial charge in [0.25, 0.3) is 0 Å². The lowest BCUT2D eigenvalue weighted by Gasteiger charge is -2.26. The molecule has 0 bridgehead atoms. The highest BCUT2D eigenvalue weighted by Crippen LogP contribution is 2.10. The van der Waals surface area contributed by atoms with Crippen LogP contribution in [0.15, 0.2) is 4.99 Å². The third-order valence-electron chi connectivity index (χ3n) is 2.55. The maximum Gasteiger partial charge on any atom is 0.410 e. The van der Waals surface area contributed by atoms with Crippen LogP contribution in [0.4, 0.5) is 4.79 Å². The number of carbonyl (C=O) groups excluding carboxylic acids is 1. The first kappa shape index (κ1) is 24.1. The molecule has 0 spiro atoms. The van der Waals surface area contributed by atoms with Gasteiger partial charge in [0.05, 0.1) is 6.54 Å². The lowest BCUT2D eigenvalue weighted by Crippen LogP contribution is -2.39. The fraction of sp³-hybridized carbons (Fsp3) is 0.750. The Bertz CT molecular complexity index is 413. The van der Waals surface area contributed by atoms with Gasteiger partial charge < -0.3 is 20.3 Å². The van der Waals surface area contributed by atoms with Crippen LogP contribution in [0, 0.1) is 18.3 Å². The predicted molar refractivity (Wildman–Crippen MR) is 106 cm³/mol. The van der Waals surface area contributed by atoms with Gasteiger partial charge >= 0.3 is 6.09 Å². The topological polar surface area (TPSA) is 66.0 Å². The van der Waals surface area contributed by atoms with Crippen LogP contribution in [0.25, 0.3) is 0 Å². The monoisotopic (exact) mass is 438 g/mol. The minimum Gasteiger partial charge on any atom is -0.444 e. The van der Waals surface area contributed by atoms with Gasteiger partial charge in [0.15, 0.2) is 5.96 Å². The molecule has 0 saturated carbocycles. The Morgan fingerprint density at radius 3 is 2.48 bits per heavy atom. The summed E-state index contributed by atoms with van der Waals surface area (Å²) in [4.78, 5) is 17.9. The summed E-state index contributed by atoms with van der Waals surface area (Å²) in [5, 5.41) is 6.15. The van der Waals surface area contributed by atoms with Gasteiger partial charge in [0.2, 0.25) is 0 Å². The molecule has 0 saturated heterocycles. The quantitative estimate of drug-likeness (QED) is 0.289. The van der Waals surface area contributed by atoms with E-state index in [2.05, 4.69) is 21.5 Å². The van der Waals surface area contributed by atoms with Crippen LogP contribution >= 0.6 is 24.0 Å². The number of rotatable bonds is 6. The first-order valence-electron chi connectivity index (χ1n) is 7.59. The second-order valence-electron chi connectivity index (χ2n) is 6.24. The highest BCUT2D eigenvalue weighted by molar-refractivity contribution is 14.0. The van der Waals surface area contributed by atoms with E-state index in [0.29, 0.717) is 25.6 Å². The van der Waals surface area contributed by atoms with Gasteiger partial charge in [-0.25, -0.2) is 4.79 Å². The van der Waals surface area contributed by atoms with Crippen LogP contribution in [0.3, 0.4) is 0 Å². The number of hydrogen-bond donors (Lipinski definition) is 2. The number of aliphatic imine (C=N–C) groups is 1. The molecule has 0 radical (unpaired) electrons. The molecule has 0 rings (SSSR count). The maximum atomic E-state index is 11.9. The summed E-state index contributed by atoms with van der Waals surface area (Å²) in [7, 11) is 1.73. The first-order chi connectivity index (χ1) is 10.2. The number of terminal acetylenes is 1. The number of nitrogens with one attached hydrogen (secondary N) is 2. The lowest BCUT2D eigenvalue weighted by molar-refractivity contribution is 0.0279. The molecule has 23 heavy (non-hydrogen) atoms. The maximum absolute atomic E-state index is 11.9. The zero-order valence-electron chi connectivity index (χ0n) is 15.1. The number of nitrogens with zero attached hydrogens (tertiary/aromatic N) is 2. The van der Waals surface area contributed by atoms with E-state index >= 15 is 0 Å². The molecular formula is C16H31IN4O2. The number of halogens is 1. The van der Waals surface area contributed by atoms with Gasteiger partial charge in [-0.15, -0.1) is 30.4 Å². The molecule has 2 N–H and O–H groups in total. The van der Waals surface area contributed by atoms with Crippen molar-refractivity contribution < 1.29 is 9.53 Å². The fourth-order valence-corrected chi connectivity index (χ4v) is 1.66. The van der Waals surface area contributed by atoms with Crippen LogP contribution in [-0.4, -0.2) is 55.8 Å². The van der Waals surface area contributed by atoms with Gasteiger partial charge in [0.1, 0.15) is 5.60 Å². The molecule has 0 aliphatic rings. The second kappa shape index (κ2) is 12.3. The molecule has 0 heterocycles. The summed E-state index contributed by atoms with van der Waals surface area (Å²) in [6.45, 7) is 12.0. The molecular weight excluding hydrogens is 407 g/mol. The molecule has 0 aliphatic heterocycles. The van der Waals surface area contributed by atoms with Crippen LogP contribution < -0.4 is 10.6 Å². The average molecular weight is 438 g/mol. The van der Waals surface area contributed by atoms with Crippen LogP contribution in [-0.2, 0) is 4.74 Å². The summed E-state index contributed by atoms with van der Waals surface area (Å²) >= 11 is 0. The van der Waals surface area contributed by atoms with E-state index in [4.69, 9.17) is 11.2 Å². The van der Waals surface area contributed by atoms with E-state index in [9.17, 15) is 4.79 Å². The highest BCUT2D eigenvalue weighted by Gasteiger charge is 2.20. The van der Waals surface area contributed by atoms with Crippen LogP contribution in [0.2, 0.25) is 0 Å². The summed E-state index contributed by atoms with van der Waals surface area (Å²) in [5.74, 6) is 3.41. The summed E-state index contributed by atoms with van der Waals surface area (Å²) in [6.07, 6.45) is 4.91. The third-order valence-corrected chi connectivity index (χ3v) is 2.55. The Morgan fingerprint density at radius 1 is 1.39 bits per heavy atom. The van der Waals surface area contributed by atoms with E-state index in [0.717, 1.165) is 6.54 Å². The van der Waals surface area contributed by atoms with Gasteiger partial charge in [0, 0.05) is 26.7 Å². The van der Waals surface area contributed by atoms with Gasteiger partial charge in [-0.2, -0.15) is 0 Å². The van der Waals surface area contributed by atoms with E-state index in [1.807, 2.05) is 34.6 Å². The SMILES string of the molecule is C#CCNC(=NCC(C)CN(C)C(=O)OC(C)(C)C)NCC.I. The van der Waals surface area contributed by atoms with Gasteiger partial charge in [-0.05, 0) is 33.6 Å². The van der Waals surface area contributed by atoms with Crippen molar-refractivity contribution in [1.82, 2.24) is 15.5 Å². The summed E-state index contributed by atoms with van der Waals surface area (Å²) in [5.41, 5.74) is -0.482. The molecule has 134 valence electrons. The first-order valence-corrected chi connectivity index (χ1v) is 7.59. The smallest absolute Gasteiger partial charge is 0.410 e. The lowest BCUT2D eigenvalue weighted by atomic mass is 10.2. The Labute approximate surface area is 157 Å². The Hall–Kier alpha value is -1.17. The summed E-state index contributed by atoms with van der Waals surface area (Å²) in [6, 6.07) is 0. The van der Waals surface area contributed by atoms with E-state index < -0.39 is 5.60 Å². The molecule has 1 unspecified atom stereocenters. The van der Waals surface area contributed by atoms with E-state index in [1.54, 1.807) is 11.9 Å². The largest absolute Gasteiger partial charge is 0.444 e. The summed E-state index contributed by atoms with van der Waals surface area (Å²) < 4.78 is 5.32. The number of hydrogen-bond acceptors (Lipinski definition) is 3. The van der Waals surface area contributed by atoms with Crippen LogP contribution in [0.5, 0.6) is 0 Å². The van der Waals surface area contributed by atoms with Crippen molar-refractivity contribution in [3.63, 3.8) is 0 Å². The standard InChI is InChI=1S/C16H30N4O2.HI/c1-8-10-18-14(17-9-2)19-11-13(3)12-20(7)15(21)22-16(4,5)6;/h1,13H,9-12H2,2-7H3,(H2,17,18,19);1H. The fourth-order valence-electron chi connectivity index (χ4n) is 1.66. The van der Waals surface area contributed by atoms with Crippen LogP contribution in [0.1, 0.15) is 34.6 Å². The van der Waals surface area contributed by atoms with Crippen molar-refractivity contribution in [3.8, 4) is 12.3 Å². The van der Waals surface area contributed by atoms with Crippen molar-refractivity contribution in [2.75, 3.05) is 33.2 Å². The Morgan fingerprint density at radius 2 is 2.00 bits per heavy atom.